The van der Waals surface area contributed by atoms with Gasteiger partial charge in [-0.2, -0.15) is 13.2 Å². The predicted molar refractivity (Wildman–Crippen MR) is 107 cm³/mol. The molecule has 1 aliphatic rings. The Balaban J connectivity index is 1.79. The third-order valence-corrected chi connectivity index (χ3v) is 5.10. The first-order valence-corrected chi connectivity index (χ1v) is 10.1. The van der Waals surface area contributed by atoms with Crippen LogP contribution in [-0.4, -0.2) is 62.1 Å². The van der Waals surface area contributed by atoms with E-state index in [9.17, 15) is 27.2 Å². The van der Waals surface area contributed by atoms with Crippen molar-refractivity contribution < 1.29 is 31.9 Å². The number of rotatable bonds is 8. The van der Waals surface area contributed by atoms with Crippen LogP contribution in [0.2, 0.25) is 0 Å². The molecule has 1 aliphatic heterocycles. The molecule has 1 saturated heterocycles. The van der Waals surface area contributed by atoms with Gasteiger partial charge in [0.25, 0.3) is 5.91 Å². The van der Waals surface area contributed by atoms with Gasteiger partial charge in [-0.15, -0.1) is 0 Å². The van der Waals surface area contributed by atoms with Gasteiger partial charge in [-0.3, -0.25) is 14.5 Å². The molecule has 0 aromatic heterocycles. The highest BCUT2D eigenvalue weighted by atomic mass is 19.4. The van der Waals surface area contributed by atoms with Crippen molar-refractivity contribution in [3.8, 4) is 0 Å². The van der Waals surface area contributed by atoms with Crippen LogP contribution in [0.25, 0.3) is 0 Å². The zero-order valence-corrected chi connectivity index (χ0v) is 17.9. The molecule has 1 fully saturated rings. The van der Waals surface area contributed by atoms with Gasteiger partial charge >= 0.3 is 6.18 Å². The van der Waals surface area contributed by atoms with Crippen molar-refractivity contribution in [1.82, 2.24) is 15.5 Å². The number of methoxy groups -OCH3 is 1. The van der Waals surface area contributed by atoms with Gasteiger partial charge in [-0.1, -0.05) is 0 Å². The fraction of sp³-hybridized carbons (Fsp3) is 0.619. The van der Waals surface area contributed by atoms with Crippen LogP contribution in [0.4, 0.5) is 17.6 Å². The first-order chi connectivity index (χ1) is 14.4. The lowest BCUT2D eigenvalue weighted by Gasteiger charge is -2.33. The SMILES string of the molecule is COCC(C)(C)NC(=O)CN1CCC(CNC(=O)c2cc(F)cc(C(F)(F)F)c2)CC1. The number of hydrogen-bond donors (Lipinski definition) is 2. The van der Waals surface area contributed by atoms with Gasteiger partial charge in [0, 0.05) is 19.2 Å². The molecule has 1 heterocycles. The average Bonchev–Trinajstić information content (AvgIpc) is 2.65. The second-order valence-electron chi connectivity index (χ2n) is 8.52. The maximum atomic E-state index is 13.5. The maximum Gasteiger partial charge on any atom is 0.416 e. The number of ether oxygens (including phenoxy) is 1. The van der Waals surface area contributed by atoms with E-state index in [4.69, 9.17) is 4.74 Å². The smallest absolute Gasteiger partial charge is 0.382 e. The average molecular weight is 447 g/mol. The molecule has 1 aromatic carbocycles. The van der Waals surface area contributed by atoms with Crippen LogP contribution >= 0.6 is 0 Å². The summed E-state index contributed by atoms with van der Waals surface area (Å²) in [7, 11) is 1.57. The Morgan fingerprint density at radius 3 is 2.39 bits per heavy atom. The monoisotopic (exact) mass is 447 g/mol. The highest BCUT2D eigenvalue weighted by molar-refractivity contribution is 5.94. The maximum absolute atomic E-state index is 13.5. The topological polar surface area (TPSA) is 70.7 Å². The van der Waals surface area contributed by atoms with Crippen LogP contribution < -0.4 is 10.6 Å². The van der Waals surface area contributed by atoms with Crippen molar-refractivity contribution in [2.24, 2.45) is 5.92 Å². The summed E-state index contributed by atoms with van der Waals surface area (Å²) in [5.41, 5.74) is -2.02. The lowest BCUT2D eigenvalue weighted by atomic mass is 9.96. The van der Waals surface area contributed by atoms with E-state index in [1.165, 1.54) is 0 Å². The number of likely N-dealkylation sites (tertiary alicyclic amines) is 1. The first-order valence-electron chi connectivity index (χ1n) is 10.1. The molecule has 10 heteroatoms. The Hall–Kier alpha value is -2.20. The van der Waals surface area contributed by atoms with Gasteiger partial charge in [0.2, 0.25) is 5.91 Å². The van der Waals surface area contributed by atoms with Crippen molar-refractivity contribution in [3.05, 3.63) is 35.1 Å². The largest absolute Gasteiger partial charge is 0.416 e. The molecule has 31 heavy (non-hydrogen) atoms. The Bertz CT molecular complexity index is 776. The van der Waals surface area contributed by atoms with Crippen molar-refractivity contribution in [2.75, 3.05) is 39.9 Å². The minimum absolute atomic E-state index is 0.0969. The van der Waals surface area contributed by atoms with Crippen LogP contribution in [0.15, 0.2) is 18.2 Å². The lowest BCUT2D eigenvalue weighted by Crippen LogP contribution is -2.51. The van der Waals surface area contributed by atoms with Crippen LogP contribution in [0.3, 0.4) is 0 Å². The molecule has 2 amide bonds. The van der Waals surface area contributed by atoms with Gasteiger partial charge in [0.1, 0.15) is 5.82 Å². The van der Waals surface area contributed by atoms with E-state index in [0.717, 1.165) is 18.9 Å². The van der Waals surface area contributed by atoms with Crippen LogP contribution in [0.5, 0.6) is 0 Å². The number of halogens is 4. The van der Waals surface area contributed by atoms with E-state index >= 15 is 0 Å². The Morgan fingerprint density at radius 2 is 1.81 bits per heavy atom. The highest BCUT2D eigenvalue weighted by Crippen LogP contribution is 2.30. The van der Waals surface area contributed by atoms with Crippen LogP contribution in [0.1, 0.15) is 42.6 Å². The second-order valence-corrected chi connectivity index (χ2v) is 8.52. The molecule has 0 bridgehead atoms. The van der Waals surface area contributed by atoms with E-state index in [-0.39, 0.29) is 30.5 Å². The Kier molecular flexibility index (Phi) is 8.41. The van der Waals surface area contributed by atoms with E-state index in [2.05, 4.69) is 10.6 Å². The minimum Gasteiger partial charge on any atom is -0.382 e. The summed E-state index contributed by atoms with van der Waals surface area (Å²) in [4.78, 5) is 26.4. The molecule has 0 aliphatic carbocycles. The molecule has 0 atom stereocenters. The summed E-state index contributed by atoms with van der Waals surface area (Å²) in [5, 5.41) is 5.51. The minimum atomic E-state index is -4.73. The summed E-state index contributed by atoms with van der Waals surface area (Å²) in [5.74, 6) is -1.82. The Labute approximate surface area is 179 Å². The van der Waals surface area contributed by atoms with Gasteiger partial charge in [0.15, 0.2) is 0 Å². The molecule has 0 unspecified atom stereocenters. The number of alkyl halides is 3. The second kappa shape index (κ2) is 10.4. The predicted octanol–water partition coefficient (Wildman–Crippen LogP) is 2.83. The van der Waals surface area contributed by atoms with Crippen LogP contribution in [0, 0.1) is 11.7 Å². The van der Waals surface area contributed by atoms with Crippen molar-refractivity contribution in [3.63, 3.8) is 0 Å². The molecular formula is C21H29F4N3O3. The van der Waals surface area contributed by atoms with E-state index < -0.39 is 29.0 Å². The summed E-state index contributed by atoms with van der Waals surface area (Å²) >= 11 is 0. The van der Waals surface area contributed by atoms with Crippen molar-refractivity contribution >= 4 is 11.8 Å². The summed E-state index contributed by atoms with van der Waals surface area (Å²) < 4.78 is 57.0. The molecule has 2 N–H and O–H groups in total. The molecule has 2 rings (SSSR count). The van der Waals surface area contributed by atoms with Crippen molar-refractivity contribution in [2.45, 2.75) is 38.4 Å². The van der Waals surface area contributed by atoms with Crippen molar-refractivity contribution in [1.29, 1.82) is 0 Å². The third kappa shape index (κ3) is 8.10. The summed E-state index contributed by atoms with van der Waals surface area (Å²) in [6.07, 6.45) is -3.27. The van der Waals surface area contributed by atoms with E-state index in [0.29, 0.717) is 31.8 Å². The number of nitrogens with zero attached hydrogens (tertiary/aromatic N) is 1. The number of carbonyl (C=O) groups is 2. The number of benzene rings is 1. The van der Waals surface area contributed by atoms with E-state index in [1.807, 2.05) is 18.7 Å². The van der Waals surface area contributed by atoms with E-state index in [1.54, 1.807) is 7.11 Å². The van der Waals surface area contributed by atoms with Gasteiger partial charge < -0.3 is 15.4 Å². The first kappa shape index (κ1) is 25.1. The van der Waals surface area contributed by atoms with Gasteiger partial charge in [-0.05, 0) is 63.9 Å². The zero-order valence-electron chi connectivity index (χ0n) is 17.9. The standard InChI is InChI=1S/C21H29F4N3O3/c1-20(2,13-31-3)27-18(29)12-28-6-4-14(5-7-28)11-26-19(30)15-8-16(21(23,24)25)10-17(22)9-15/h8-10,14H,4-7,11-13H2,1-3H3,(H,26,30)(H,27,29). The van der Waals surface area contributed by atoms with Gasteiger partial charge in [0.05, 0.1) is 24.3 Å². The molecule has 0 radical (unpaired) electrons. The number of carbonyl (C=O) groups excluding carboxylic acids is 2. The fourth-order valence-corrected chi connectivity index (χ4v) is 3.59. The molecule has 6 nitrogen and oxygen atoms in total. The normalized spacial score (nSPS) is 16.2. The quantitative estimate of drug-likeness (QED) is 0.602. The fourth-order valence-electron chi connectivity index (χ4n) is 3.59. The Morgan fingerprint density at radius 1 is 1.16 bits per heavy atom. The highest BCUT2D eigenvalue weighted by Gasteiger charge is 2.32. The number of amides is 2. The molecule has 1 aromatic rings. The molecular weight excluding hydrogens is 418 g/mol. The molecule has 0 spiro atoms. The lowest BCUT2D eigenvalue weighted by molar-refractivity contribution is -0.137. The van der Waals surface area contributed by atoms with Crippen LogP contribution in [-0.2, 0) is 15.7 Å². The molecule has 174 valence electrons. The van der Waals surface area contributed by atoms with Gasteiger partial charge in [-0.25, -0.2) is 4.39 Å². The number of hydrogen-bond acceptors (Lipinski definition) is 4. The molecule has 0 saturated carbocycles. The number of piperidine rings is 1. The number of nitrogens with one attached hydrogen (secondary N) is 2. The third-order valence-electron chi connectivity index (χ3n) is 5.10. The summed E-state index contributed by atoms with van der Waals surface area (Å²) in [6, 6.07) is 1.79. The summed E-state index contributed by atoms with van der Waals surface area (Å²) in [6.45, 7) is 6.01. The zero-order chi connectivity index (χ0) is 23.2.